The van der Waals surface area contributed by atoms with Gasteiger partial charge < -0.3 is 10.1 Å². The van der Waals surface area contributed by atoms with Gasteiger partial charge in [-0.1, -0.05) is 32.1 Å². The summed E-state index contributed by atoms with van der Waals surface area (Å²) in [5, 5.41) is 10.9. The minimum Gasteiger partial charge on any atom is -0.465 e. The molecular weight excluding hydrogens is 366 g/mol. The average Bonchev–Trinajstić information content (AvgIpc) is 3.29. The Morgan fingerprint density at radius 1 is 1.41 bits per heavy atom. The molecule has 0 spiro atoms. The fraction of sp³-hybridized carbons (Fsp3) is 0.556. The van der Waals surface area contributed by atoms with Gasteiger partial charge in [-0.3, -0.25) is 14.8 Å². The van der Waals surface area contributed by atoms with Gasteiger partial charge in [-0.2, -0.15) is 5.10 Å². The van der Waals surface area contributed by atoms with Gasteiger partial charge in [-0.05, 0) is 25.5 Å². The number of anilines is 1. The first-order valence-electron chi connectivity index (χ1n) is 8.96. The lowest BCUT2D eigenvalue weighted by molar-refractivity contribution is 0.0603. The molecule has 9 heteroatoms. The van der Waals surface area contributed by atoms with Gasteiger partial charge in [-0.25, -0.2) is 9.78 Å². The molecule has 2 N–H and O–H groups in total. The maximum Gasteiger partial charge on any atom is 0.350 e. The highest BCUT2D eigenvalue weighted by molar-refractivity contribution is 7.17. The zero-order chi connectivity index (χ0) is 19.6. The van der Waals surface area contributed by atoms with E-state index in [4.69, 9.17) is 4.74 Å². The van der Waals surface area contributed by atoms with E-state index in [9.17, 15) is 9.59 Å². The lowest BCUT2D eigenvalue weighted by Crippen LogP contribution is -2.32. The van der Waals surface area contributed by atoms with Crippen LogP contribution in [0.15, 0.2) is 12.3 Å². The molecule has 3 rings (SSSR count). The Morgan fingerprint density at radius 3 is 2.81 bits per heavy atom. The third-order valence-corrected chi connectivity index (χ3v) is 5.37. The van der Waals surface area contributed by atoms with Crippen LogP contribution in [0.4, 0.5) is 5.13 Å². The van der Waals surface area contributed by atoms with Crippen molar-refractivity contribution in [2.75, 3.05) is 25.5 Å². The summed E-state index contributed by atoms with van der Waals surface area (Å²) in [5.74, 6) is -0.796. The van der Waals surface area contributed by atoms with Crippen LogP contribution in [-0.2, 0) is 10.2 Å². The van der Waals surface area contributed by atoms with Crippen LogP contribution >= 0.6 is 11.3 Å². The normalized spacial score (nSPS) is 17.6. The van der Waals surface area contributed by atoms with E-state index in [-0.39, 0.29) is 17.4 Å². The molecule has 0 aliphatic carbocycles. The number of hydrogen-bond acceptors (Lipinski definition) is 7. The molecule has 1 amide bonds. The molecule has 1 aliphatic heterocycles. The standard InChI is InChI=1S/C18H25N5O3S/c1-18(2,3)14-13(16(25)26-4)27-17(20-14)21-15(24)12-7-9-23(22-12)11-6-5-8-19-10-11/h7,9,11,19H,5-6,8,10H2,1-4H3,(H,20,21,24). The van der Waals surface area contributed by atoms with Crippen molar-refractivity contribution in [2.24, 2.45) is 0 Å². The number of aromatic nitrogens is 3. The lowest BCUT2D eigenvalue weighted by Gasteiger charge is -2.22. The predicted octanol–water partition coefficient (Wildman–Crippen LogP) is 2.60. The van der Waals surface area contributed by atoms with Crippen molar-refractivity contribution in [2.45, 2.75) is 45.1 Å². The summed E-state index contributed by atoms with van der Waals surface area (Å²) in [5.41, 5.74) is 0.583. The summed E-state index contributed by atoms with van der Waals surface area (Å²) in [4.78, 5) is 29.5. The largest absolute Gasteiger partial charge is 0.465 e. The number of carbonyl (C=O) groups excluding carboxylic acids is 2. The molecule has 1 fully saturated rings. The maximum atomic E-state index is 12.6. The molecule has 1 saturated heterocycles. The lowest BCUT2D eigenvalue weighted by atomic mass is 9.91. The summed E-state index contributed by atoms with van der Waals surface area (Å²) in [7, 11) is 1.33. The zero-order valence-corrected chi connectivity index (χ0v) is 16.9. The van der Waals surface area contributed by atoms with Gasteiger partial charge in [-0.15, -0.1) is 0 Å². The molecule has 0 bridgehead atoms. The third kappa shape index (κ3) is 4.36. The monoisotopic (exact) mass is 391 g/mol. The minimum absolute atomic E-state index is 0.263. The molecule has 8 nitrogen and oxygen atoms in total. The summed E-state index contributed by atoms with van der Waals surface area (Å²) in [6.45, 7) is 7.75. The highest BCUT2D eigenvalue weighted by Crippen LogP contribution is 2.32. The molecule has 0 saturated carbocycles. The maximum absolute atomic E-state index is 12.6. The number of amides is 1. The van der Waals surface area contributed by atoms with Crippen molar-refractivity contribution in [3.63, 3.8) is 0 Å². The number of piperidine rings is 1. The summed E-state index contributed by atoms with van der Waals surface area (Å²) in [6.07, 6.45) is 3.96. The smallest absolute Gasteiger partial charge is 0.350 e. The van der Waals surface area contributed by atoms with Crippen molar-refractivity contribution in [1.82, 2.24) is 20.1 Å². The van der Waals surface area contributed by atoms with Crippen molar-refractivity contribution in [1.29, 1.82) is 0 Å². The number of thiazole rings is 1. The Labute approximate surface area is 162 Å². The highest BCUT2D eigenvalue weighted by Gasteiger charge is 2.28. The first-order chi connectivity index (χ1) is 12.8. The second kappa shape index (κ2) is 7.77. The number of carbonyl (C=O) groups is 2. The van der Waals surface area contributed by atoms with Crippen LogP contribution < -0.4 is 10.6 Å². The minimum atomic E-state index is -0.452. The van der Waals surface area contributed by atoms with Crippen molar-refractivity contribution in [3.8, 4) is 0 Å². The van der Waals surface area contributed by atoms with E-state index in [0.29, 0.717) is 21.4 Å². The van der Waals surface area contributed by atoms with Crippen LogP contribution in [0.25, 0.3) is 0 Å². The number of esters is 1. The topological polar surface area (TPSA) is 98.1 Å². The number of nitrogens with zero attached hydrogens (tertiary/aromatic N) is 3. The first-order valence-corrected chi connectivity index (χ1v) is 9.78. The highest BCUT2D eigenvalue weighted by atomic mass is 32.1. The molecule has 146 valence electrons. The Kier molecular flexibility index (Phi) is 5.61. The van der Waals surface area contributed by atoms with E-state index in [0.717, 1.165) is 37.3 Å². The average molecular weight is 391 g/mol. The quantitative estimate of drug-likeness (QED) is 0.778. The van der Waals surface area contributed by atoms with Crippen LogP contribution in [0.5, 0.6) is 0 Å². The van der Waals surface area contributed by atoms with Gasteiger partial charge in [0.15, 0.2) is 10.8 Å². The number of nitrogens with one attached hydrogen (secondary N) is 2. The van der Waals surface area contributed by atoms with Crippen LogP contribution in [0.3, 0.4) is 0 Å². The molecule has 2 aromatic heterocycles. The van der Waals surface area contributed by atoms with E-state index >= 15 is 0 Å². The van der Waals surface area contributed by atoms with Crippen molar-refractivity contribution >= 4 is 28.3 Å². The predicted molar refractivity (Wildman–Crippen MR) is 103 cm³/mol. The van der Waals surface area contributed by atoms with Gasteiger partial charge in [0.1, 0.15) is 4.88 Å². The van der Waals surface area contributed by atoms with E-state index in [1.54, 1.807) is 6.07 Å². The molecule has 3 heterocycles. The van der Waals surface area contributed by atoms with Crippen molar-refractivity contribution in [3.05, 3.63) is 28.5 Å². The van der Waals surface area contributed by atoms with E-state index in [1.807, 2.05) is 31.6 Å². The Hall–Kier alpha value is -2.26. The number of methoxy groups -OCH3 is 1. The molecule has 27 heavy (non-hydrogen) atoms. The molecule has 1 aliphatic rings. The molecular formula is C18H25N5O3S. The third-order valence-electron chi connectivity index (χ3n) is 4.41. The van der Waals surface area contributed by atoms with Gasteiger partial charge in [0.2, 0.25) is 0 Å². The number of ether oxygens (including phenoxy) is 1. The van der Waals surface area contributed by atoms with Crippen molar-refractivity contribution < 1.29 is 14.3 Å². The van der Waals surface area contributed by atoms with Gasteiger partial charge >= 0.3 is 5.97 Å². The zero-order valence-electron chi connectivity index (χ0n) is 16.0. The summed E-state index contributed by atoms with van der Waals surface area (Å²) < 4.78 is 6.68. The van der Waals surface area contributed by atoms with Crippen LogP contribution in [0.2, 0.25) is 0 Å². The molecule has 0 aromatic carbocycles. The van der Waals surface area contributed by atoms with E-state index in [2.05, 4.69) is 20.7 Å². The first kappa shape index (κ1) is 19.5. The van der Waals surface area contributed by atoms with E-state index in [1.165, 1.54) is 7.11 Å². The summed E-state index contributed by atoms with van der Waals surface area (Å²) >= 11 is 1.11. The Balaban J connectivity index is 1.77. The molecule has 1 unspecified atom stereocenters. The van der Waals surface area contributed by atoms with Crippen LogP contribution in [0.1, 0.15) is 65.5 Å². The van der Waals surface area contributed by atoms with Gasteiger partial charge in [0, 0.05) is 18.2 Å². The van der Waals surface area contributed by atoms with Crippen LogP contribution in [0, 0.1) is 0 Å². The van der Waals surface area contributed by atoms with Gasteiger partial charge in [0.05, 0.1) is 18.8 Å². The Bertz CT molecular complexity index is 830. The van der Waals surface area contributed by atoms with Crippen LogP contribution in [-0.4, -0.2) is 46.8 Å². The van der Waals surface area contributed by atoms with Gasteiger partial charge in [0.25, 0.3) is 5.91 Å². The number of rotatable bonds is 4. The second-order valence-electron chi connectivity index (χ2n) is 7.57. The second-order valence-corrected chi connectivity index (χ2v) is 8.57. The summed E-state index contributed by atoms with van der Waals surface area (Å²) in [6, 6.07) is 1.96. The SMILES string of the molecule is COC(=O)c1sc(NC(=O)c2ccn(C3CCCNC3)n2)nc1C(C)(C)C. The molecule has 0 radical (unpaired) electrons. The Morgan fingerprint density at radius 2 is 2.19 bits per heavy atom. The molecule has 1 atom stereocenters. The number of hydrogen-bond donors (Lipinski definition) is 2. The fourth-order valence-electron chi connectivity index (χ4n) is 3.00. The van der Waals surface area contributed by atoms with E-state index < -0.39 is 5.97 Å². The molecule has 2 aromatic rings. The fourth-order valence-corrected chi connectivity index (χ4v) is 4.09.